The van der Waals surface area contributed by atoms with Gasteiger partial charge in [-0.05, 0) is 23.8 Å². The summed E-state index contributed by atoms with van der Waals surface area (Å²) in [6.07, 6.45) is 0. The van der Waals surface area contributed by atoms with E-state index in [1.54, 1.807) is 13.2 Å². The zero-order chi connectivity index (χ0) is 18.1. The lowest BCUT2D eigenvalue weighted by molar-refractivity contribution is 0.0501. The Bertz CT molecular complexity index is 706. The fourth-order valence-electron chi connectivity index (χ4n) is 2.59. The normalized spacial score (nSPS) is 11.1. The Morgan fingerprint density at radius 2 is 1.88 bits per heavy atom. The summed E-state index contributed by atoms with van der Waals surface area (Å²) in [5.41, 5.74) is 2.80. The summed E-state index contributed by atoms with van der Waals surface area (Å²) >= 11 is 0. The highest BCUT2D eigenvalue weighted by atomic mass is 16.5. The average Bonchev–Trinajstić information content (AvgIpc) is 2.62. The second-order valence-corrected chi connectivity index (χ2v) is 6.88. The first-order valence-corrected chi connectivity index (χ1v) is 8.43. The Morgan fingerprint density at radius 1 is 1.12 bits per heavy atom. The highest BCUT2D eigenvalue weighted by Gasteiger charge is 2.18. The number of nitrogens with one attached hydrogen (secondary N) is 1. The number of rotatable bonds is 9. The van der Waals surface area contributed by atoms with Crippen LogP contribution in [0.5, 0.6) is 5.75 Å². The number of benzene rings is 2. The number of ether oxygens (including phenoxy) is 2. The first kappa shape index (κ1) is 19.0. The lowest BCUT2D eigenvalue weighted by Gasteiger charge is -2.25. The summed E-state index contributed by atoms with van der Waals surface area (Å²) in [4.78, 5) is 0. The van der Waals surface area contributed by atoms with Gasteiger partial charge in [-0.25, -0.2) is 0 Å². The maximum Gasteiger partial charge on any atom is 0.124 e. The number of hydrogen-bond donors (Lipinski definition) is 1. The van der Waals surface area contributed by atoms with Gasteiger partial charge in [-0.3, -0.25) is 0 Å². The highest BCUT2D eigenvalue weighted by Crippen LogP contribution is 2.22. The van der Waals surface area contributed by atoms with Crippen LogP contribution in [0.25, 0.3) is 0 Å². The van der Waals surface area contributed by atoms with Crippen molar-refractivity contribution >= 4 is 0 Å². The van der Waals surface area contributed by atoms with Crippen molar-refractivity contribution < 1.29 is 9.47 Å². The van der Waals surface area contributed by atoms with Crippen LogP contribution in [0.3, 0.4) is 0 Å². The van der Waals surface area contributed by atoms with Gasteiger partial charge in [0.15, 0.2) is 0 Å². The molecule has 0 spiro atoms. The molecule has 0 amide bonds. The molecule has 0 heterocycles. The maximum absolute atomic E-state index is 9.03. The van der Waals surface area contributed by atoms with Crippen LogP contribution in [0.1, 0.15) is 30.5 Å². The van der Waals surface area contributed by atoms with Crippen LogP contribution in [-0.4, -0.2) is 20.3 Å². The summed E-state index contributed by atoms with van der Waals surface area (Å²) in [5.74, 6) is 0.749. The molecule has 2 aromatic rings. The van der Waals surface area contributed by atoms with E-state index in [0.29, 0.717) is 18.8 Å². The third-order valence-electron chi connectivity index (χ3n) is 3.94. The molecule has 4 heteroatoms. The van der Waals surface area contributed by atoms with E-state index in [4.69, 9.17) is 14.7 Å². The Kier molecular flexibility index (Phi) is 7.00. The number of methoxy groups -OCH3 is 1. The van der Waals surface area contributed by atoms with Crippen LogP contribution in [-0.2, 0) is 17.9 Å². The third-order valence-corrected chi connectivity index (χ3v) is 3.94. The van der Waals surface area contributed by atoms with E-state index in [-0.39, 0.29) is 5.41 Å². The van der Waals surface area contributed by atoms with Crippen molar-refractivity contribution in [2.45, 2.75) is 27.0 Å². The summed E-state index contributed by atoms with van der Waals surface area (Å²) in [6.45, 7) is 7.11. The van der Waals surface area contributed by atoms with Crippen LogP contribution in [0.2, 0.25) is 0 Å². The minimum absolute atomic E-state index is 0.00878. The van der Waals surface area contributed by atoms with Gasteiger partial charge in [0.25, 0.3) is 0 Å². The molecule has 0 unspecified atom stereocenters. The van der Waals surface area contributed by atoms with Crippen LogP contribution in [0.15, 0.2) is 48.5 Å². The molecule has 1 N–H and O–H groups in total. The molecule has 0 aliphatic carbocycles. The molecule has 0 aliphatic rings. The van der Waals surface area contributed by atoms with Crippen LogP contribution >= 0.6 is 0 Å². The summed E-state index contributed by atoms with van der Waals surface area (Å²) in [7, 11) is 1.63. The zero-order valence-electron chi connectivity index (χ0n) is 15.2. The van der Waals surface area contributed by atoms with Gasteiger partial charge >= 0.3 is 0 Å². The molecular formula is C21H26N2O2. The summed E-state index contributed by atoms with van der Waals surface area (Å²) in [6, 6.07) is 17.9. The largest absolute Gasteiger partial charge is 0.496 e. The van der Waals surface area contributed by atoms with Crippen molar-refractivity contribution in [2.75, 3.05) is 20.3 Å². The van der Waals surface area contributed by atoms with Crippen molar-refractivity contribution in [3.63, 3.8) is 0 Å². The van der Waals surface area contributed by atoms with Gasteiger partial charge in [-0.2, -0.15) is 5.26 Å². The van der Waals surface area contributed by atoms with Crippen LogP contribution < -0.4 is 10.1 Å². The smallest absolute Gasteiger partial charge is 0.124 e. The predicted molar refractivity (Wildman–Crippen MR) is 99.3 cm³/mol. The van der Waals surface area contributed by atoms with Crippen molar-refractivity contribution in [1.29, 1.82) is 5.26 Å². The number of nitrogens with zero attached hydrogens (tertiary/aromatic N) is 1. The molecule has 0 saturated carbocycles. The molecule has 132 valence electrons. The fraction of sp³-hybridized carbons (Fsp3) is 0.381. The van der Waals surface area contributed by atoms with Crippen LogP contribution in [0.4, 0.5) is 0 Å². The molecule has 2 rings (SSSR count). The maximum atomic E-state index is 9.03. The lowest BCUT2D eigenvalue weighted by atomic mass is 9.94. The van der Waals surface area contributed by atoms with Gasteiger partial charge in [0.05, 0.1) is 32.0 Å². The monoisotopic (exact) mass is 338 g/mol. The zero-order valence-corrected chi connectivity index (χ0v) is 15.2. The minimum atomic E-state index is 0.00878. The van der Waals surface area contributed by atoms with Gasteiger partial charge in [0.1, 0.15) is 5.75 Å². The van der Waals surface area contributed by atoms with E-state index in [9.17, 15) is 0 Å². The molecule has 0 radical (unpaired) electrons. The molecular weight excluding hydrogens is 312 g/mol. The molecule has 4 nitrogen and oxygen atoms in total. The van der Waals surface area contributed by atoms with E-state index in [1.807, 2.05) is 30.3 Å². The van der Waals surface area contributed by atoms with Gasteiger partial charge in [0.2, 0.25) is 0 Å². The first-order valence-electron chi connectivity index (χ1n) is 8.43. The Labute approximate surface area is 150 Å². The van der Waals surface area contributed by atoms with E-state index < -0.39 is 0 Å². The molecule has 25 heavy (non-hydrogen) atoms. The van der Waals surface area contributed by atoms with Gasteiger partial charge in [-0.15, -0.1) is 0 Å². The third kappa shape index (κ3) is 6.22. The SMILES string of the molecule is COc1ccc(C#N)cc1COCC(C)(C)CNCc1ccccc1. The average molecular weight is 338 g/mol. The quantitative estimate of drug-likeness (QED) is 0.753. The molecule has 0 saturated heterocycles. The molecule has 0 fully saturated rings. The standard InChI is InChI=1S/C21H26N2O2/c1-21(2,15-23-13-17-7-5-4-6-8-17)16-25-14-19-11-18(12-22)9-10-20(19)24-3/h4-11,23H,13-16H2,1-3H3. The van der Waals surface area contributed by atoms with Crippen molar-refractivity contribution in [1.82, 2.24) is 5.32 Å². The van der Waals surface area contributed by atoms with E-state index >= 15 is 0 Å². The topological polar surface area (TPSA) is 54.3 Å². The summed E-state index contributed by atoms with van der Waals surface area (Å²) < 4.78 is 11.2. The molecule has 0 atom stereocenters. The molecule has 2 aromatic carbocycles. The highest BCUT2D eigenvalue weighted by molar-refractivity contribution is 5.41. The van der Waals surface area contributed by atoms with Crippen molar-refractivity contribution in [3.8, 4) is 11.8 Å². The lowest BCUT2D eigenvalue weighted by Crippen LogP contribution is -2.33. The second-order valence-electron chi connectivity index (χ2n) is 6.88. The molecule has 0 bridgehead atoms. The Morgan fingerprint density at radius 3 is 2.56 bits per heavy atom. The fourth-order valence-corrected chi connectivity index (χ4v) is 2.59. The number of hydrogen-bond acceptors (Lipinski definition) is 4. The van der Waals surface area contributed by atoms with E-state index in [0.717, 1.165) is 24.4 Å². The Balaban J connectivity index is 1.80. The van der Waals surface area contributed by atoms with Crippen molar-refractivity contribution in [3.05, 3.63) is 65.2 Å². The second kappa shape index (κ2) is 9.22. The van der Waals surface area contributed by atoms with Gasteiger partial charge in [-0.1, -0.05) is 44.2 Å². The summed E-state index contributed by atoms with van der Waals surface area (Å²) in [5, 5.41) is 12.5. The molecule has 0 aromatic heterocycles. The first-order chi connectivity index (χ1) is 12.0. The van der Waals surface area contributed by atoms with Crippen LogP contribution in [0, 0.1) is 16.7 Å². The Hall–Kier alpha value is -2.35. The van der Waals surface area contributed by atoms with E-state index in [2.05, 4.69) is 37.4 Å². The van der Waals surface area contributed by atoms with Gasteiger partial charge < -0.3 is 14.8 Å². The van der Waals surface area contributed by atoms with Gasteiger partial charge in [0, 0.05) is 24.1 Å². The molecule has 0 aliphatic heterocycles. The minimum Gasteiger partial charge on any atom is -0.496 e. The predicted octanol–water partition coefficient (Wildman–Crippen LogP) is 3.90. The van der Waals surface area contributed by atoms with E-state index in [1.165, 1.54) is 5.56 Å². The van der Waals surface area contributed by atoms with Crippen molar-refractivity contribution in [2.24, 2.45) is 5.41 Å². The number of nitriles is 1.